The van der Waals surface area contributed by atoms with Crippen LogP contribution in [-0.2, 0) is 0 Å². The first-order valence-corrected chi connectivity index (χ1v) is 5.79. The zero-order valence-corrected chi connectivity index (χ0v) is 10.6. The third-order valence-corrected chi connectivity index (χ3v) is 2.89. The fourth-order valence-corrected chi connectivity index (χ4v) is 1.82. The molecule has 1 heteroatoms. The van der Waals surface area contributed by atoms with E-state index >= 15 is 0 Å². The Labute approximate surface area is 103 Å². The molecule has 2 aromatic rings. The number of nitrogens with zero attached hydrogens (tertiary/aromatic N) is 1. The summed E-state index contributed by atoms with van der Waals surface area (Å²) in [7, 11) is 0. The largest absolute Gasteiger partial charge is 0.248 e. The third-order valence-electron chi connectivity index (χ3n) is 2.89. The molecule has 0 spiro atoms. The molecule has 0 bridgehead atoms. The number of pyridine rings is 1. The minimum Gasteiger partial charge on any atom is -0.248 e. The van der Waals surface area contributed by atoms with Crippen LogP contribution in [0.25, 0.3) is 17.0 Å². The SMILES string of the molecule is C=C/C(C)=C\c1nc2cc(C)ccc2cc1C. The first-order chi connectivity index (χ1) is 8.10. The average Bonchev–Trinajstić information content (AvgIpc) is 2.30. The van der Waals surface area contributed by atoms with Crippen LogP contribution < -0.4 is 0 Å². The van der Waals surface area contributed by atoms with Gasteiger partial charge < -0.3 is 0 Å². The lowest BCUT2D eigenvalue weighted by Crippen LogP contribution is -1.90. The third kappa shape index (κ3) is 2.44. The van der Waals surface area contributed by atoms with Crippen LogP contribution in [0.4, 0.5) is 0 Å². The van der Waals surface area contributed by atoms with E-state index in [2.05, 4.69) is 50.8 Å². The van der Waals surface area contributed by atoms with E-state index in [0.717, 1.165) is 16.8 Å². The van der Waals surface area contributed by atoms with E-state index < -0.39 is 0 Å². The smallest absolute Gasteiger partial charge is 0.0712 e. The Morgan fingerprint density at radius 3 is 2.71 bits per heavy atom. The molecular formula is C16H17N. The van der Waals surface area contributed by atoms with Crippen molar-refractivity contribution < 1.29 is 0 Å². The molecule has 17 heavy (non-hydrogen) atoms. The van der Waals surface area contributed by atoms with Crippen molar-refractivity contribution in [3.63, 3.8) is 0 Å². The molecule has 0 aliphatic heterocycles. The lowest BCUT2D eigenvalue weighted by molar-refractivity contribution is 1.28. The summed E-state index contributed by atoms with van der Waals surface area (Å²) in [4.78, 5) is 4.70. The van der Waals surface area contributed by atoms with Crippen molar-refractivity contribution in [2.24, 2.45) is 0 Å². The number of hydrogen-bond acceptors (Lipinski definition) is 1. The summed E-state index contributed by atoms with van der Waals surface area (Å²) in [5.41, 5.74) is 5.65. The van der Waals surface area contributed by atoms with Gasteiger partial charge in [0.05, 0.1) is 11.2 Å². The van der Waals surface area contributed by atoms with Crippen LogP contribution in [0.1, 0.15) is 23.7 Å². The van der Waals surface area contributed by atoms with Gasteiger partial charge in [-0.25, -0.2) is 4.98 Å². The molecule has 0 aliphatic rings. The highest BCUT2D eigenvalue weighted by molar-refractivity contribution is 5.81. The van der Waals surface area contributed by atoms with E-state index in [1.165, 1.54) is 16.5 Å². The quantitative estimate of drug-likeness (QED) is 0.686. The van der Waals surface area contributed by atoms with Gasteiger partial charge in [0.25, 0.3) is 0 Å². The van der Waals surface area contributed by atoms with Gasteiger partial charge in [0, 0.05) is 5.39 Å². The maximum Gasteiger partial charge on any atom is 0.0712 e. The number of aryl methyl sites for hydroxylation is 2. The van der Waals surface area contributed by atoms with E-state index in [-0.39, 0.29) is 0 Å². The Morgan fingerprint density at radius 2 is 2.00 bits per heavy atom. The molecule has 0 amide bonds. The second kappa shape index (κ2) is 4.54. The van der Waals surface area contributed by atoms with E-state index in [9.17, 15) is 0 Å². The van der Waals surface area contributed by atoms with Crippen molar-refractivity contribution in [3.8, 4) is 0 Å². The van der Waals surface area contributed by atoms with E-state index in [0.29, 0.717) is 0 Å². The molecule has 86 valence electrons. The number of aromatic nitrogens is 1. The van der Waals surface area contributed by atoms with Gasteiger partial charge in [0.2, 0.25) is 0 Å². The van der Waals surface area contributed by atoms with Crippen molar-refractivity contribution in [1.82, 2.24) is 4.98 Å². The minimum absolute atomic E-state index is 1.03. The first kappa shape index (κ1) is 11.6. The van der Waals surface area contributed by atoms with Gasteiger partial charge in [-0.1, -0.05) is 24.8 Å². The minimum atomic E-state index is 1.03. The van der Waals surface area contributed by atoms with E-state index in [1.807, 2.05) is 13.0 Å². The highest BCUT2D eigenvalue weighted by atomic mass is 14.7. The van der Waals surface area contributed by atoms with Gasteiger partial charge in [-0.05, 0) is 55.7 Å². The van der Waals surface area contributed by atoms with Gasteiger partial charge in [0.1, 0.15) is 0 Å². The van der Waals surface area contributed by atoms with Crippen molar-refractivity contribution in [2.45, 2.75) is 20.8 Å². The van der Waals surface area contributed by atoms with Crippen LogP contribution >= 0.6 is 0 Å². The number of benzene rings is 1. The lowest BCUT2D eigenvalue weighted by atomic mass is 10.1. The predicted molar refractivity (Wildman–Crippen MR) is 75.1 cm³/mol. The molecule has 0 saturated carbocycles. The zero-order valence-electron chi connectivity index (χ0n) is 10.6. The number of hydrogen-bond donors (Lipinski definition) is 0. The molecule has 0 radical (unpaired) electrons. The summed E-state index contributed by atoms with van der Waals surface area (Å²) in [6.45, 7) is 9.98. The van der Waals surface area contributed by atoms with Crippen molar-refractivity contribution in [2.75, 3.05) is 0 Å². The van der Waals surface area contributed by atoms with Crippen LogP contribution in [0, 0.1) is 13.8 Å². The Balaban J connectivity index is 2.65. The maximum absolute atomic E-state index is 4.70. The molecule has 1 aromatic carbocycles. The van der Waals surface area contributed by atoms with Crippen LogP contribution in [-0.4, -0.2) is 4.98 Å². The van der Waals surface area contributed by atoms with Crippen LogP contribution in [0.15, 0.2) is 42.5 Å². The van der Waals surface area contributed by atoms with Crippen molar-refractivity contribution in [1.29, 1.82) is 0 Å². The lowest BCUT2D eigenvalue weighted by Gasteiger charge is -2.05. The molecule has 0 unspecified atom stereocenters. The fourth-order valence-electron chi connectivity index (χ4n) is 1.82. The van der Waals surface area contributed by atoms with Gasteiger partial charge >= 0.3 is 0 Å². The van der Waals surface area contributed by atoms with Crippen LogP contribution in [0.5, 0.6) is 0 Å². The first-order valence-electron chi connectivity index (χ1n) is 5.79. The van der Waals surface area contributed by atoms with E-state index in [4.69, 9.17) is 4.98 Å². The summed E-state index contributed by atoms with van der Waals surface area (Å²) in [5.74, 6) is 0. The summed E-state index contributed by atoms with van der Waals surface area (Å²) < 4.78 is 0. The second-order valence-corrected chi connectivity index (χ2v) is 4.48. The van der Waals surface area contributed by atoms with Gasteiger partial charge in [0.15, 0.2) is 0 Å². The molecule has 2 rings (SSSR count). The Bertz CT molecular complexity index is 606. The van der Waals surface area contributed by atoms with Gasteiger partial charge in [-0.15, -0.1) is 0 Å². The number of fused-ring (bicyclic) bond motifs is 1. The molecule has 0 saturated heterocycles. The average molecular weight is 223 g/mol. The van der Waals surface area contributed by atoms with Crippen molar-refractivity contribution in [3.05, 3.63) is 59.3 Å². The van der Waals surface area contributed by atoms with Crippen molar-refractivity contribution >= 4 is 17.0 Å². The van der Waals surface area contributed by atoms with Crippen LogP contribution in [0.3, 0.4) is 0 Å². The summed E-state index contributed by atoms with van der Waals surface area (Å²) in [5, 5.41) is 1.20. The molecule has 0 fully saturated rings. The second-order valence-electron chi connectivity index (χ2n) is 4.48. The molecule has 0 atom stereocenters. The van der Waals surface area contributed by atoms with Gasteiger partial charge in [-0.3, -0.25) is 0 Å². The fraction of sp³-hybridized carbons (Fsp3) is 0.188. The number of allylic oxidation sites excluding steroid dienone is 2. The molecule has 0 aliphatic carbocycles. The highest BCUT2D eigenvalue weighted by Gasteiger charge is 2.01. The summed E-state index contributed by atoms with van der Waals surface area (Å²) in [6, 6.07) is 8.55. The Hall–Kier alpha value is -1.89. The monoisotopic (exact) mass is 223 g/mol. The molecule has 1 nitrogen and oxygen atoms in total. The molecule has 1 aromatic heterocycles. The van der Waals surface area contributed by atoms with Gasteiger partial charge in [-0.2, -0.15) is 0 Å². The molecule has 0 N–H and O–H groups in total. The molecule has 1 heterocycles. The topological polar surface area (TPSA) is 12.9 Å². The predicted octanol–water partition coefficient (Wildman–Crippen LogP) is 4.44. The highest BCUT2D eigenvalue weighted by Crippen LogP contribution is 2.19. The Kier molecular flexibility index (Phi) is 3.10. The zero-order chi connectivity index (χ0) is 12.4. The standard InChI is InChI=1S/C16H17N/c1-5-11(2)8-15-13(4)10-14-7-6-12(3)9-16(14)17-15/h5-10H,1H2,2-4H3/b11-8-. The maximum atomic E-state index is 4.70. The summed E-state index contributed by atoms with van der Waals surface area (Å²) in [6.07, 6.45) is 3.92. The normalized spacial score (nSPS) is 11.8. The molecular weight excluding hydrogens is 206 g/mol. The van der Waals surface area contributed by atoms with E-state index in [1.54, 1.807) is 0 Å². The Morgan fingerprint density at radius 1 is 1.24 bits per heavy atom. The number of rotatable bonds is 2. The van der Waals surface area contributed by atoms with Crippen LogP contribution in [0.2, 0.25) is 0 Å². The summed E-state index contributed by atoms with van der Waals surface area (Å²) >= 11 is 0.